The molecule has 3 aliphatic rings. The van der Waals surface area contributed by atoms with Gasteiger partial charge in [-0.2, -0.15) is 0 Å². The van der Waals surface area contributed by atoms with E-state index in [0.717, 1.165) is 37.7 Å². The van der Waals surface area contributed by atoms with Crippen LogP contribution in [0.15, 0.2) is 48.5 Å². The van der Waals surface area contributed by atoms with E-state index in [1.165, 1.54) is 7.11 Å². The fourth-order valence-corrected chi connectivity index (χ4v) is 7.06. The zero-order valence-corrected chi connectivity index (χ0v) is 27.7. The lowest BCUT2D eigenvalue weighted by atomic mass is 9.77. The molecular formula is C35H47ClN4O6. The molecular weight excluding hydrogens is 608 g/mol. The number of nitrogens with zero attached hydrogens (tertiary/aromatic N) is 2. The molecule has 2 aromatic carbocycles. The molecule has 1 spiro atoms. The van der Waals surface area contributed by atoms with Gasteiger partial charge in [0.1, 0.15) is 11.6 Å². The number of nitrogens with one attached hydrogen (secondary N) is 2. The minimum Gasteiger partial charge on any atom is -0.465 e. The molecule has 3 fully saturated rings. The zero-order chi connectivity index (χ0) is 32.0. The van der Waals surface area contributed by atoms with Crippen molar-refractivity contribution in [1.29, 1.82) is 0 Å². The summed E-state index contributed by atoms with van der Waals surface area (Å²) in [5, 5.41) is 17.0. The van der Waals surface area contributed by atoms with Crippen LogP contribution >= 0.6 is 12.4 Å². The number of carbonyl (C=O) groups is 4. The Morgan fingerprint density at radius 3 is 2.20 bits per heavy atom. The van der Waals surface area contributed by atoms with Crippen molar-refractivity contribution < 1.29 is 29.0 Å². The zero-order valence-electron chi connectivity index (χ0n) is 26.9. The van der Waals surface area contributed by atoms with Crippen LogP contribution in [0, 0.1) is 0 Å². The molecule has 0 radical (unpaired) electrons. The summed E-state index contributed by atoms with van der Waals surface area (Å²) in [5.74, 6) is -0.821. The van der Waals surface area contributed by atoms with Crippen molar-refractivity contribution in [2.45, 2.75) is 94.9 Å². The molecule has 2 heterocycles. The molecule has 2 saturated heterocycles. The highest BCUT2D eigenvalue weighted by molar-refractivity contribution is 6.04. The van der Waals surface area contributed by atoms with Crippen molar-refractivity contribution >= 4 is 41.8 Å². The highest BCUT2D eigenvalue weighted by Crippen LogP contribution is 2.37. The van der Waals surface area contributed by atoms with Crippen molar-refractivity contribution in [3.05, 3.63) is 65.2 Å². The summed E-state index contributed by atoms with van der Waals surface area (Å²) in [7, 11) is 1.32. The van der Waals surface area contributed by atoms with E-state index in [1.54, 1.807) is 36.4 Å². The summed E-state index contributed by atoms with van der Waals surface area (Å²) in [6.07, 6.45) is 7.53. The Balaban J connectivity index is 0.00000480. The van der Waals surface area contributed by atoms with Gasteiger partial charge in [0.25, 0.3) is 5.91 Å². The number of amides is 3. The summed E-state index contributed by atoms with van der Waals surface area (Å²) in [4.78, 5) is 56.1. The van der Waals surface area contributed by atoms with Gasteiger partial charge in [0, 0.05) is 43.9 Å². The van der Waals surface area contributed by atoms with Crippen LogP contribution in [0.4, 0.5) is 5.69 Å². The Hall–Kier alpha value is -3.47. The van der Waals surface area contributed by atoms with Crippen LogP contribution < -0.4 is 10.6 Å². The average molecular weight is 655 g/mol. The SMILES string of the molecule is CCCCN1C(=O)[C@@H](CC2(O)CCCCC2)NC(=O)C12CCN(Cc1ccc(C(=O)Nc3ccc(C(=O)OC)cc3)cc1)CC2.Cl. The molecule has 3 amide bonds. The van der Waals surface area contributed by atoms with Crippen molar-refractivity contribution in [3.63, 3.8) is 0 Å². The first-order chi connectivity index (χ1) is 21.7. The monoisotopic (exact) mass is 654 g/mol. The third-order valence-electron chi connectivity index (χ3n) is 9.78. The average Bonchev–Trinajstić information content (AvgIpc) is 3.05. The van der Waals surface area contributed by atoms with E-state index in [4.69, 9.17) is 4.74 Å². The van der Waals surface area contributed by atoms with Gasteiger partial charge in [-0.3, -0.25) is 19.3 Å². The summed E-state index contributed by atoms with van der Waals surface area (Å²) in [6.45, 7) is 4.65. The van der Waals surface area contributed by atoms with Crippen LogP contribution in [-0.4, -0.2) is 82.5 Å². The molecule has 0 aromatic heterocycles. The summed E-state index contributed by atoms with van der Waals surface area (Å²) < 4.78 is 4.71. The van der Waals surface area contributed by atoms with Crippen LogP contribution in [0.3, 0.4) is 0 Å². The number of carbonyl (C=O) groups excluding carboxylic acids is 4. The number of methoxy groups -OCH3 is 1. The lowest BCUT2D eigenvalue weighted by Crippen LogP contribution is -2.73. The number of esters is 1. The molecule has 46 heavy (non-hydrogen) atoms. The lowest BCUT2D eigenvalue weighted by Gasteiger charge is -2.52. The molecule has 1 aliphatic carbocycles. The number of aliphatic hydroxyl groups is 1. The molecule has 2 aliphatic heterocycles. The standard InChI is InChI=1S/C35H46N4O6.ClH/c1-3-4-20-39-31(41)29(23-34(44)16-6-5-7-17-34)37-33(43)35(39)18-21-38(22-19-35)24-25-8-10-26(11-9-25)30(40)36-28-14-12-27(13-15-28)32(42)45-2;/h8-15,29,44H,3-7,16-24H2,1-2H3,(H,36,40)(H,37,43);1H/t29-;/m1./s1. The topological polar surface area (TPSA) is 128 Å². The lowest BCUT2D eigenvalue weighted by molar-refractivity contribution is -0.163. The van der Waals surface area contributed by atoms with Crippen LogP contribution in [0.5, 0.6) is 0 Å². The van der Waals surface area contributed by atoms with Crippen LogP contribution in [0.1, 0.15) is 97.4 Å². The quantitative estimate of drug-likeness (QED) is 0.317. The van der Waals surface area contributed by atoms with E-state index < -0.39 is 23.2 Å². The minimum atomic E-state index is -0.885. The molecule has 0 bridgehead atoms. The van der Waals surface area contributed by atoms with E-state index in [1.807, 2.05) is 17.0 Å². The Labute approximate surface area is 277 Å². The van der Waals surface area contributed by atoms with E-state index in [9.17, 15) is 24.3 Å². The van der Waals surface area contributed by atoms with Crippen molar-refractivity contribution in [2.75, 3.05) is 32.1 Å². The molecule has 250 valence electrons. The number of halogens is 1. The maximum atomic E-state index is 13.8. The molecule has 10 nitrogen and oxygen atoms in total. The summed E-state index contributed by atoms with van der Waals surface area (Å²) in [5.41, 5.74) is 0.817. The van der Waals surface area contributed by atoms with Gasteiger partial charge in [-0.05, 0) is 74.1 Å². The van der Waals surface area contributed by atoms with Gasteiger partial charge >= 0.3 is 5.97 Å². The van der Waals surface area contributed by atoms with Crippen molar-refractivity contribution in [1.82, 2.24) is 15.1 Å². The molecule has 3 N–H and O–H groups in total. The number of rotatable bonds is 10. The Kier molecular flexibility index (Phi) is 11.9. The second-order valence-electron chi connectivity index (χ2n) is 12.9. The van der Waals surface area contributed by atoms with Crippen LogP contribution in [-0.2, 0) is 20.9 Å². The van der Waals surface area contributed by atoms with E-state index in [0.29, 0.717) is 68.7 Å². The Morgan fingerprint density at radius 1 is 0.957 bits per heavy atom. The number of piperidine rings is 1. The molecule has 2 aromatic rings. The summed E-state index contributed by atoms with van der Waals surface area (Å²) in [6, 6.07) is 13.3. The van der Waals surface area contributed by atoms with E-state index >= 15 is 0 Å². The Bertz CT molecular complexity index is 1370. The molecule has 1 atom stereocenters. The maximum absolute atomic E-state index is 13.8. The molecule has 0 unspecified atom stereocenters. The number of likely N-dealkylation sites (tertiary alicyclic amines) is 1. The number of piperazine rings is 1. The largest absolute Gasteiger partial charge is 0.465 e. The van der Waals surface area contributed by atoms with Crippen LogP contribution in [0.2, 0.25) is 0 Å². The number of hydrogen-bond acceptors (Lipinski definition) is 7. The number of hydrogen-bond donors (Lipinski definition) is 3. The smallest absolute Gasteiger partial charge is 0.337 e. The van der Waals surface area contributed by atoms with Gasteiger partial charge in [-0.25, -0.2) is 4.79 Å². The van der Waals surface area contributed by atoms with Gasteiger partial charge in [-0.1, -0.05) is 44.7 Å². The van der Waals surface area contributed by atoms with Gasteiger partial charge in [-0.15, -0.1) is 12.4 Å². The molecule has 1 saturated carbocycles. The fourth-order valence-electron chi connectivity index (χ4n) is 7.06. The van der Waals surface area contributed by atoms with Crippen LogP contribution in [0.25, 0.3) is 0 Å². The van der Waals surface area contributed by atoms with E-state index in [-0.39, 0.29) is 36.5 Å². The number of anilines is 1. The van der Waals surface area contributed by atoms with Gasteiger partial charge in [0.15, 0.2) is 0 Å². The molecule has 11 heteroatoms. The van der Waals surface area contributed by atoms with Gasteiger partial charge in [0.2, 0.25) is 11.8 Å². The predicted molar refractivity (Wildman–Crippen MR) is 178 cm³/mol. The number of unbranched alkanes of at least 4 members (excludes halogenated alkanes) is 1. The minimum absolute atomic E-state index is 0. The summed E-state index contributed by atoms with van der Waals surface area (Å²) >= 11 is 0. The normalized spacial score (nSPS) is 20.8. The number of ether oxygens (including phenoxy) is 1. The van der Waals surface area contributed by atoms with Gasteiger partial charge in [0.05, 0.1) is 18.3 Å². The van der Waals surface area contributed by atoms with E-state index in [2.05, 4.69) is 22.5 Å². The predicted octanol–water partition coefficient (Wildman–Crippen LogP) is 4.69. The number of benzene rings is 2. The first-order valence-corrected chi connectivity index (χ1v) is 16.3. The van der Waals surface area contributed by atoms with Crippen molar-refractivity contribution in [3.8, 4) is 0 Å². The highest BCUT2D eigenvalue weighted by atomic mass is 35.5. The third kappa shape index (κ3) is 7.90. The van der Waals surface area contributed by atoms with Crippen molar-refractivity contribution in [2.24, 2.45) is 0 Å². The van der Waals surface area contributed by atoms with Gasteiger partial charge < -0.3 is 25.4 Å². The second kappa shape index (κ2) is 15.4. The second-order valence-corrected chi connectivity index (χ2v) is 12.9. The first kappa shape index (κ1) is 35.4. The molecule has 5 rings (SSSR count). The first-order valence-electron chi connectivity index (χ1n) is 16.3. The highest BCUT2D eigenvalue weighted by Gasteiger charge is 2.54. The Morgan fingerprint density at radius 2 is 1.59 bits per heavy atom. The third-order valence-corrected chi connectivity index (χ3v) is 9.78. The maximum Gasteiger partial charge on any atom is 0.337 e. The fraction of sp³-hybridized carbons (Fsp3) is 0.543.